The van der Waals surface area contributed by atoms with Gasteiger partial charge in [0.1, 0.15) is 30.3 Å². The Morgan fingerprint density at radius 2 is 1.54 bits per heavy atom. The van der Waals surface area contributed by atoms with Gasteiger partial charge in [0.05, 0.1) is 5.69 Å². The number of nitrogens with one attached hydrogen (secondary N) is 1. The number of amides is 4. The van der Waals surface area contributed by atoms with Crippen molar-refractivity contribution in [1.82, 2.24) is 5.32 Å². The van der Waals surface area contributed by atoms with Gasteiger partial charge < -0.3 is 9.47 Å². The van der Waals surface area contributed by atoms with Crippen LogP contribution in [0.2, 0.25) is 5.02 Å². The third kappa shape index (κ3) is 5.90. The van der Waals surface area contributed by atoms with E-state index in [1.807, 2.05) is 13.0 Å². The van der Waals surface area contributed by atoms with Gasteiger partial charge in [0, 0.05) is 9.50 Å². The number of rotatable bonds is 7. The summed E-state index contributed by atoms with van der Waals surface area (Å²) in [4.78, 5) is 38.5. The van der Waals surface area contributed by atoms with Crippen LogP contribution in [-0.4, -0.2) is 31.1 Å². The number of anilines is 1. The van der Waals surface area contributed by atoms with Gasteiger partial charge in [-0.25, -0.2) is 9.69 Å². The van der Waals surface area contributed by atoms with Crippen molar-refractivity contribution in [2.45, 2.75) is 6.92 Å². The molecule has 0 saturated carbocycles. The highest BCUT2D eigenvalue weighted by Crippen LogP contribution is 2.24. The highest BCUT2D eigenvalue weighted by atomic mass is 79.9. The van der Waals surface area contributed by atoms with Gasteiger partial charge in [0.2, 0.25) is 0 Å². The van der Waals surface area contributed by atoms with Crippen molar-refractivity contribution in [3.8, 4) is 11.5 Å². The second kappa shape index (κ2) is 10.8. The van der Waals surface area contributed by atoms with Gasteiger partial charge >= 0.3 is 6.03 Å². The summed E-state index contributed by atoms with van der Waals surface area (Å²) in [5, 5.41) is 2.89. The molecular formula is C26H20BrClN2O5. The monoisotopic (exact) mass is 554 g/mol. The quantitative estimate of drug-likeness (QED) is 0.235. The molecule has 1 N–H and O–H groups in total. The lowest BCUT2D eigenvalue weighted by Crippen LogP contribution is -2.54. The van der Waals surface area contributed by atoms with E-state index >= 15 is 0 Å². The summed E-state index contributed by atoms with van der Waals surface area (Å²) >= 11 is 9.33. The van der Waals surface area contributed by atoms with Crippen molar-refractivity contribution in [3.05, 3.63) is 92.9 Å². The molecule has 7 nitrogen and oxygen atoms in total. The number of barbiturate groups is 1. The van der Waals surface area contributed by atoms with Crippen LogP contribution in [0.1, 0.15) is 11.1 Å². The summed E-state index contributed by atoms with van der Waals surface area (Å²) in [6.45, 7) is 2.58. The lowest BCUT2D eigenvalue weighted by Gasteiger charge is -2.26. The van der Waals surface area contributed by atoms with Gasteiger partial charge in [-0.2, -0.15) is 0 Å². The molecule has 0 unspecified atom stereocenters. The van der Waals surface area contributed by atoms with Crippen LogP contribution in [-0.2, 0) is 9.59 Å². The molecule has 178 valence electrons. The molecule has 4 amide bonds. The molecule has 0 atom stereocenters. The van der Waals surface area contributed by atoms with Crippen molar-refractivity contribution in [2.75, 3.05) is 18.1 Å². The summed E-state index contributed by atoms with van der Waals surface area (Å²) in [6.07, 6.45) is 1.44. The number of urea groups is 1. The molecular weight excluding hydrogens is 536 g/mol. The summed E-state index contributed by atoms with van der Waals surface area (Å²) in [7, 11) is 0. The summed E-state index contributed by atoms with van der Waals surface area (Å²) in [5.41, 5.74) is 1.75. The van der Waals surface area contributed by atoms with E-state index in [1.54, 1.807) is 60.7 Å². The Morgan fingerprint density at radius 1 is 0.914 bits per heavy atom. The summed E-state index contributed by atoms with van der Waals surface area (Å²) in [6, 6.07) is 18.2. The topological polar surface area (TPSA) is 84.9 Å². The molecule has 4 rings (SSSR count). The minimum absolute atomic E-state index is 0.146. The van der Waals surface area contributed by atoms with Crippen LogP contribution in [0.4, 0.5) is 10.5 Å². The predicted molar refractivity (Wildman–Crippen MR) is 137 cm³/mol. The van der Waals surface area contributed by atoms with Gasteiger partial charge in [-0.3, -0.25) is 14.9 Å². The largest absolute Gasteiger partial charge is 0.490 e. The van der Waals surface area contributed by atoms with E-state index in [0.717, 1.165) is 14.9 Å². The highest BCUT2D eigenvalue weighted by molar-refractivity contribution is 9.10. The molecule has 3 aromatic rings. The van der Waals surface area contributed by atoms with E-state index in [0.29, 0.717) is 41.0 Å². The number of carbonyl (C=O) groups is 3. The lowest BCUT2D eigenvalue weighted by molar-refractivity contribution is -0.122. The van der Waals surface area contributed by atoms with E-state index in [2.05, 4.69) is 21.2 Å². The fraction of sp³-hybridized carbons (Fsp3) is 0.115. The van der Waals surface area contributed by atoms with Crippen LogP contribution in [0.25, 0.3) is 6.08 Å². The molecule has 9 heteroatoms. The Hall–Kier alpha value is -3.62. The van der Waals surface area contributed by atoms with Crippen LogP contribution in [0.5, 0.6) is 11.5 Å². The molecule has 1 saturated heterocycles. The SMILES string of the molecule is Cc1cc(OCCOc2ccc(C=C3C(=O)NC(=O)N(c4ccc(Br)cc4)C3=O)cc2)ccc1Cl. The van der Waals surface area contributed by atoms with Crippen molar-refractivity contribution < 1.29 is 23.9 Å². The van der Waals surface area contributed by atoms with Crippen LogP contribution in [0.3, 0.4) is 0 Å². The van der Waals surface area contributed by atoms with E-state index in [1.165, 1.54) is 6.08 Å². The summed E-state index contributed by atoms with van der Waals surface area (Å²) < 4.78 is 12.2. The fourth-order valence-corrected chi connectivity index (χ4v) is 3.72. The van der Waals surface area contributed by atoms with Crippen molar-refractivity contribution in [3.63, 3.8) is 0 Å². The molecule has 0 aromatic heterocycles. The zero-order chi connectivity index (χ0) is 24.9. The van der Waals surface area contributed by atoms with Gasteiger partial charge in [-0.1, -0.05) is 39.7 Å². The molecule has 0 aliphatic carbocycles. The highest BCUT2D eigenvalue weighted by Gasteiger charge is 2.36. The van der Waals surface area contributed by atoms with Crippen molar-refractivity contribution in [1.29, 1.82) is 0 Å². The maximum absolute atomic E-state index is 13.0. The first-order valence-electron chi connectivity index (χ1n) is 10.6. The second-order valence-electron chi connectivity index (χ2n) is 7.61. The minimum Gasteiger partial charge on any atom is -0.490 e. The third-order valence-electron chi connectivity index (χ3n) is 5.13. The Kier molecular flexibility index (Phi) is 7.53. The average molecular weight is 556 g/mol. The maximum Gasteiger partial charge on any atom is 0.335 e. The molecule has 1 aliphatic rings. The van der Waals surface area contributed by atoms with Crippen LogP contribution < -0.4 is 19.7 Å². The first-order chi connectivity index (χ1) is 16.8. The first kappa shape index (κ1) is 24.5. The normalized spacial score (nSPS) is 14.8. The standard InChI is InChI=1S/C26H20BrClN2O5/c1-16-14-21(10-11-23(16)28)35-13-12-34-20-8-2-17(3-9-20)15-22-24(31)29-26(33)30(25(22)32)19-6-4-18(27)5-7-19/h2-11,14-15H,12-13H2,1H3,(H,29,31,33). The smallest absolute Gasteiger partial charge is 0.335 e. The number of nitrogens with zero attached hydrogens (tertiary/aromatic N) is 1. The van der Waals surface area contributed by atoms with E-state index < -0.39 is 17.8 Å². The number of imide groups is 2. The number of hydrogen-bond acceptors (Lipinski definition) is 5. The van der Waals surface area contributed by atoms with Crippen LogP contribution >= 0.6 is 27.5 Å². The van der Waals surface area contributed by atoms with E-state index in [-0.39, 0.29) is 5.57 Å². The number of hydrogen-bond donors (Lipinski definition) is 1. The van der Waals surface area contributed by atoms with Gasteiger partial charge in [0.15, 0.2) is 0 Å². The second-order valence-corrected chi connectivity index (χ2v) is 8.93. The summed E-state index contributed by atoms with van der Waals surface area (Å²) in [5.74, 6) is -0.128. The average Bonchev–Trinajstić information content (AvgIpc) is 2.83. The number of carbonyl (C=O) groups excluding carboxylic acids is 3. The Bertz CT molecular complexity index is 1310. The van der Waals surface area contributed by atoms with Gasteiger partial charge in [-0.15, -0.1) is 0 Å². The van der Waals surface area contributed by atoms with Gasteiger partial charge in [-0.05, 0) is 78.7 Å². The fourth-order valence-electron chi connectivity index (χ4n) is 3.34. The molecule has 0 radical (unpaired) electrons. The molecule has 1 fully saturated rings. The third-order valence-corrected chi connectivity index (χ3v) is 6.08. The minimum atomic E-state index is -0.792. The zero-order valence-corrected chi connectivity index (χ0v) is 20.9. The molecule has 0 bridgehead atoms. The lowest BCUT2D eigenvalue weighted by atomic mass is 10.1. The number of benzene rings is 3. The molecule has 35 heavy (non-hydrogen) atoms. The van der Waals surface area contributed by atoms with E-state index in [4.69, 9.17) is 21.1 Å². The molecule has 1 aliphatic heterocycles. The first-order valence-corrected chi connectivity index (χ1v) is 11.8. The van der Waals surface area contributed by atoms with E-state index in [9.17, 15) is 14.4 Å². The van der Waals surface area contributed by atoms with Crippen LogP contribution in [0.15, 0.2) is 76.8 Å². The predicted octanol–water partition coefficient (Wildman–Crippen LogP) is 5.54. The van der Waals surface area contributed by atoms with Crippen molar-refractivity contribution in [2.24, 2.45) is 0 Å². The number of halogens is 2. The number of aryl methyl sites for hydroxylation is 1. The van der Waals surface area contributed by atoms with Crippen molar-refractivity contribution >= 4 is 57.1 Å². The molecule has 3 aromatic carbocycles. The zero-order valence-electron chi connectivity index (χ0n) is 18.6. The molecule has 1 heterocycles. The maximum atomic E-state index is 13.0. The number of ether oxygens (including phenoxy) is 2. The van der Waals surface area contributed by atoms with Gasteiger partial charge in [0.25, 0.3) is 11.8 Å². The Balaban J connectivity index is 1.39. The Labute approximate surface area is 215 Å². The molecule has 0 spiro atoms. The van der Waals surface area contributed by atoms with Crippen LogP contribution in [0, 0.1) is 6.92 Å². The Morgan fingerprint density at radius 3 is 2.20 bits per heavy atom.